The fourth-order valence-electron chi connectivity index (χ4n) is 2.62. The van der Waals surface area contributed by atoms with Crippen LogP contribution < -0.4 is 11.1 Å². The van der Waals surface area contributed by atoms with Crippen LogP contribution in [0.1, 0.15) is 32.1 Å². The van der Waals surface area contributed by atoms with Crippen molar-refractivity contribution in [2.45, 2.75) is 42.5 Å². The average Bonchev–Trinajstić information content (AvgIpc) is 2.77. The molecular formula is C14H20N2O4S. The topological polar surface area (TPSA) is 109 Å². The van der Waals surface area contributed by atoms with E-state index in [-0.39, 0.29) is 28.7 Å². The zero-order chi connectivity index (χ0) is 15.7. The minimum Gasteiger partial charge on any atom is -0.506 e. The molecule has 0 aromatic heterocycles. The number of hydrogen-bond acceptors (Lipinski definition) is 5. The molecule has 7 heteroatoms. The predicted molar refractivity (Wildman–Crippen MR) is 79.8 cm³/mol. The minimum absolute atomic E-state index is 0.0407. The van der Waals surface area contributed by atoms with Crippen LogP contribution in [0.25, 0.3) is 0 Å². The van der Waals surface area contributed by atoms with Crippen molar-refractivity contribution < 1.29 is 18.3 Å². The Morgan fingerprint density at radius 2 is 2.00 bits per heavy atom. The van der Waals surface area contributed by atoms with Gasteiger partial charge in [0.25, 0.3) is 0 Å². The molecule has 0 aliphatic heterocycles. The van der Waals surface area contributed by atoms with E-state index in [0.717, 1.165) is 31.9 Å². The van der Waals surface area contributed by atoms with Gasteiger partial charge >= 0.3 is 0 Å². The first kappa shape index (κ1) is 15.8. The van der Waals surface area contributed by atoms with Gasteiger partial charge in [0, 0.05) is 18.2 Å². The third-order valence-electron chi connectivity index (χ3n) is 3.78. The van der Waals surface area contributed by atoms with Crippen LogP contribution in [0.4, 0.5) is 5.69 Å². The van der Waals surface area contributed by atoms with Gasteiger partial charge in [0.2, 0.25) is 5.91 Å². The van der Waals surface area contributed by atoms with Gasteiger partial charge in [0.15, 0.2) is 9.84 Å². The maximum absolute atomic E-state index is 12.0. The predicted octanol–water partition coefficient (Wildman–Crippen LogP) is 1.40. The smallest absolute Gasteiger partial charge is 0.226 e. The van der Waals surface area contributed by atoms with E-state index in [4.69, 9.17) is 5.73 Å². The summed E-state index contributed by atoms with van der Waals surface area (Å²) >= 11 is 0. The zero-order valence-corrected chi connectivity index (χ0v) is 12.7. The van der Waals surface area contributed by atoms with E-state index < -0.39 is 15.4 Å². The molecular weight excluding hydrogens is 292 g/mol. The number of hydrogen-bond donors (Lipinski definition) is 3. The maximum Gasteiger partial charge on any atom is 0.226 e. The molecule has 0 atom stereocenters. The third-order valence-corrected chi connectivity index (χ3v) is 4.89. The van der Waals surface area contributed by atoms with Crippen molar-refractivity contribution in [1.82, 2.24) is 0 Å². The van der Waals surface area contributed by atoms with E-state index in [0.29, 0.717) is 0 Å². The van der Waals surface area contributed by atoms with Crippen molar-refractivity contribution >= 4 is 21.4 Å². The second-order valence-electron chi connectivity index (χ2n) is 5.75. The number of anilines is 1. The van der Waals surface area contributed by atoms with Crippen LogP contribution in [-0.4, -0.2) is 31.2 Å². The summed E-state index contributed by atoms with van der Waals surface area (Å²) in [6, 6.07) is 3.79. The number of nitrogens with two attached hydrogens (primary N) is 1. The summed E-state index contributed by atoms with van der Waals surface area (Å²) in [5.41, 5.74) is 5.73. The normalized spacial score (nSPS) is 17.6. The molecule has 4 N–H and O–H groups in total. The Bertz CT molecular complexity index is 649. The van der Waals surface area contributed by atoms with E-state index in [1.165, 1.54) is 18.2 Å². The lowest BCUT2D eigenvalue weighted by atomic mass is 9.94. The van der Waals surface area contributed by atoms with Gasteiger partial charge < -0.3 is 16.2 Å². The molecule has 1 aliphatic rings. The number of phenolic OH excluding ortho intramolecular Hbond substituents is 1. The van der Waals surface area contributed by atoms with Crippen LogP contribution in [-0.2, 0) is 14.6 Å². The Balaban J connectivity index is 2.13. The lowest BCUT2D eigenvalue weighted by Crippen LogP contribution is -2.40. The fourth-order valence-corrected chi connectivity index (χ4v) is 3.26. The highest BCUT2D eigenvalue weighted by Gasteiger charge is 2.31. The van der Waals surface area contributed by atoms with Crippen LogP contribution >= 0.6 is 0 Å². The molecule has 0 bridgehead atoms. The lowest BCUT2D eigenvalue weighted by Gasteiger charge is -2.22. The Hall–Kier alpha value is -1.60. The van der Waals surface area contributed by atoms with E-state index in [9.17, 15) is 18.3 Å². The van der Waals surface area contributed by atoms with Gasteiger partial charge in [0.05, 0.1) is 10.6 Å². The molecule has 116 valence electrons. The Labute approximate surface area is 124 Å². The van der Waals surface area contributed by atoms with Crippen LogP contribution in [0, 0.1) is 0 Å². The lowest BCUT2D eigenvalue weighted by molar-refractivity contribution is -0.117. The van der Waals surface area contributed by atoms with Gasteiger partial charge in [-0.05, 0) is 31.0 Å². The number of aromatic hydroxyl groups is 1. The SMILES string of the molecule is CS(=O)(=O)c1ccc(O)c(NC(=O)CC2(N)CCCC2)c1. The largest absolute Gasteiger partial charge is 0.506 e. The van der Waals surface area contributed by atoms with Gasteiger partial charge in [-0.3, -0.25) is 4.79 Å². The summed E-state index contributed by atoms with van der Waals surface area (Å²) < 4.78 is 23.0. The van der Waals surface area contributed by atoms with Crippen LogP contribution in [0.15, 0.2) is 23.1 Å². The van der Waals surface area contributed by atoms with Gasteiger partial charge in [-0.2, -0.15) is 0 Å². The average molecular weight is 312 g/mol. The Kier molecular flexibility index (Phi) is 4.25. The maximum atomic E-state index is 12.0. The van der Waals surface area contributed by atoms with Crippen molar-refractivity contribution in [2.75, 3.05) is 11.6 Å². The number of rotatable bonds is 4. The standard InChI is InChI=1S/C14H20N2O4S/c1-21(19,20)10-4-5-12(17)11(8-10)16-13(18)9-14(15)6-2-3-7-14/h4-5,8,17H,2-3,6-7,9,15H2,1H3,(H,16,18). The number of carbonyl (C=O) groups excluding carboxylic acids is 1. The molecule has 0 saturated heterocycles. The highest BCUT2D eigenvalue weighted by Crippen LogP contribution is 2.31. The summed E-state index contributed by atoms with van der Waals surface area (Å²) in [4.78, 5) is 12.1. The van der Waals surface area contributed by atoms with Gasteiger partial charge in [0.1, 0.15) is 5.75 Å². The van der Waals surface area contributed by atoms with E-state index >= 15 is 0 Å². The molecule has 1 fully saturated rings. The van der Waals surface area contributed by atoms with Crippen molar-refractivity contribution in [2.24, 2.45) is 5.73 Å². The van der Waals surface area contributed by atoms with E-state index in [2.05, 4.69) is 5.32 Å². The molecule has 2 rings (SSSR count). The summed E-state index contributed by atoms with van der Waals surface area (Å²) in [5.74, 6) is -0.492. The van der Waals surface area contributed by atoms with Crippen molar-refractivity contribution in [3.63, 3.8) is 0 Å². The summed E-state index contributed by atoms with van der Waals surface area (Å²) in [5, 5.41) is 12.3. The number of sulfone groups is 1. The Morgan fingerprint density at radius 3 is 2.57 bits per heavy atom. The van der Waals surface area contributed by atoms with Crippen molar-refractivity contribution in [3.05, 3.63) is 18.2 Å². The second kappa shape index (κ2) is 5.65. The molecule has 1 aromatic carbocycles. The van der Waals surface area contributed by atoms with Crippen molar-refractivity contribution in [3.8, 4) is 5.75 Å². The second-order valence-corrected chi connectivity index (χ2v) is 7.76. The fraction of sp³-hybridized carbons (Fsp3) is 0.500. The van der Waals surface area contributed by atoms with E-state index in [1.54, 1.807) is 0 Å². The molecule has 1 saturated carbocycles. The first-order chi connectivity index (χ1) is 9.70. The summed E-state index contributed by atoms with van der Waals surface area (Å²) in [7, 11) is -3.40. The van der Waals surface area contributed by atoms with Crippen LogP contribution in [0.5, 0.6) is 5.75 Å². The number of benzene rings is 1. The quantitative estimate of drug-likeness (QED) is 0.728. The number of amides is 1. The summed E-state index contributed by atoms with van der Waals surface area (Å²) in [6.45, 7) is 0. The highest BCUT2D eigenvalue weighted by atomic mass is 32.2. The molecule has 1 amide bonds. The Morgan fingerprint density at radius 1 is 1.38 bits per heavy atom. The number of nitrogens with one attached hydrogen (secondary N) is 1. The molecule has 0 unspecified atom stereocenters. The van der Waals surface area contributed by atoms with Gasteiger partial charge in [-0.1, -0.05) is 12.8 Å². The van der Waals surface area contributed by atoms with Gasteiger partial charge in [-0.25, -0.2) is 8.42 Å². The molecule has 0 radical (unpaired) electrons. The van der Waals surface area contributed by atoms with E-state index in [1.807, 2.05) is 0 Å². The van der Waals surface area contributed by atoms with Gasteiger partial charge in [-0.15, -0.1) is 0 Å². The van der Waals surface area contributed by atoms with Crippen LogP contribution in [0.3, 0.4) is 0 Å². The van der Waals surface area contributed by atoms with Crippen LogP contribution in [0.2, 0.25) is 0 Å². The molecule has 1 aromatic rings. The molecule has 1 aliphatic carbocycles. The number of phenols is 1. The summed E-state index contributed by atoms with van der Waals surface area (Å²) in [6.07, 6.45) is 4.86. The molecule has 6 nitrogen and oxygen atoms in total. The first-order valence-electron chi connectivity index (χ1n) is 6.81. The molecule has 0 heterocycles. The third kappa shape index (κ3) is 3.95. The molecule has 21 heavy (non-hydrogen) atoms. The monoisotopic (exact) mass is 312 g/mol. The zero-order valence-electron chi connectivity index (χ0n) is 11.9. The minimum atomic E-state index is -3.40. The highest BCUT2D eigenvalue weighted by molar-refractivity contribution is 7.90. The van der Waals surface area contributed by atoms with Crippen molar-refractivity contribution in [1.29, 1.82) is 0 Å². The number of carbonyl (C=O) groups is 1. The molecule has 0 spiro atoms. The first-order valence-corrected chi connectivity index (χ1v) is 8.71.